The molecule has 3 heteroatoms. The number of carboxylic acids is 1. The number of carbonyl (C=O) groups is 1. The van der Waals surface area contributed by atoms with E-state index in [4.69, 9.17) is 0 Å². The van der Waals surface area contributed by atoms with Crippen LogP contribution in [0.15, 0.2) is 24.3 Å². The van der Waals surface area contributed by atoms with Crippen LogP contribution in [-0.4, -0.2) is 24.2 Å². The van der Waals surface area contributed by atoms with Gasteiger partial charge in [0.05, 0.1) is 5.41 Å². The maximum absolute atomic E-state index is 11.9. The highest BCUT2D eigenvalue weighted by atomic mass is 16.4. The van der Waals surface area contributed by atoms with Crippen LogP contribution in [0.5, 0.6) is 0 Å². The van der Waals surface area contributed by atoms with Crippen LogP contribution in [0, 0.1) is 18.3 Å². The minimum absolute atomic E-state index is 0.506. The van der Waals surface area contributed by atoms with Crippen molar-refractivity contribution >= 4 is 11.7 Å². The molecule has 0 aliphatic heterocycles. The Morgan fingerprint density at radius 2 is 2.05 bits per heavy atom. The lowest BCUT2D eigenvalue weighted by Crippen LogP contribution is -2.46. The number of nitrogens with zero attached hydrogens (tertiary/aromatic N) is 1. The lowest BCUT2D eigenvalue weighted by Gasteiger charge is -2.40. The summed E-state index contributed by atoms with van der Waals surface area (Å²) >= 11 is 0. The number of aliphatic carboxylic acids is 1. The van der Waals surface area contributed by atoms with Crippen molar-refractivity contribution in [2.45, 2.75) is 46.5 Å². The lowest BCUT2D eigenvalue weighted by atomic mass is 9.69. The van der Waals surface area contributed by atoms with Crippen molar-refractivity contribution in [1.29, 1.82) is 0 Å². The van der Waals surface area contributed by atoms with Crippen LogP contribution in [0.2, 0.25) is 0 Å². The van der Waals surface area contributed by atoms with E-state index >= 15 is 0 Å². The average Bonchev–Trinajstić information content (AvgIpc) is 2.46. The quantitative estimate of drug-likeness (QED) is 0.887. The minimum Gasteiger partial charge on any atom is -0.481 e. The summed E-state index contributed by atoms with van der Waals surface area (Å²) in [7, 11) is 0. The van der Waals surface area contributed by atoms with Crippen molar-refractivity contribution in [2.24, 2.45) is 11.3 Å². The van der Waals surface area contributed by atoms with Gasteiger partial charge in [0.1, 0.15) is 0 Å². The second-order valence-corrected chi connectivity index (χ2v) is 6.64. The van der Waals surface area contributed by atoms with Crippen LogP contribution in [0.25, 0.3) is 0 Å². The molecule has 1 aromatic carbocycles. The maximum Gasteiger partial charge on any atom is 0.311 e. The van der Waals surface area contributed by atoms with Crippen molar-refractivity contribution in [1.82, 2.24) is 0 Å². The molecule has 1 fully saturated rings. The third kappa shape index (κ3) is 3.58. The second kappa shape index (κ2) is 6.50. The maximum atomic E-state index is 11.9. The molecule has 1 aliphatic rings. The van der Waals surface area contributed by atoms with Gasteiger partial charge in [0.25, 0.3) is 0 Å². The van der Waals surface area contributed by atoms with Crippen LogP contribution in [0.3, 0.4) is 0 Å². The summed E-state index contributed by atoms with van der Waals surface area (Å²) in [6.07, 6.45) is 3.78. The van der Waals surface area contributed by atoms with Gasteiger partial charge in [0, 0.05) is 18.8 Å². The molecular formula is C18H27NO2. The number of rotatable bonds is 5. The summed E-state index contributed by atoms with van der Waals surface area (Å²) in [4.78, 5) is 14.1. The first-order valence-electron chi connectivity index (χ1n) is 8.02. The standard InChI is InChI=1S/C18H27NO2/c1-4-19(16-9-7-14(2)8-10-16)13-18(17(20)21)11-5-6-15(3)12-18/h7-10,15H,4-6,11-13H2,1-3H3,(H,20,21). The Hall–Kier alpha value is -1.51. The molecule has 0 aromatic heterocycles. The summed E-state index contributed by atoms with van der Waals surface area (Å²) in [6, 6.07) is 8.38. The van der Waals surface area contributed by atoms with E-state index in [-0.39, 0.29) is 0 Å². The molecule has 1 aromatic rings. The van der Waals surface area contributed by atoms with Crippen molar-refractivity contribution in [3.63, 3.8) is 0 Å². The predicted octanol–water partition coefficient (Wildman–Crippen LogP) is 4.10. The first kappa shape index (κ1) is 15.9. The van der Waals surface area contributed by atoms with Gasteiger partial charge in [-0.3, -0.25) is 4.79 Å². The van der Waals surface area contributed by atoms with Gasteiger partial charge in [-0.1, -0.05) is 37.5 Å². The highest BCUT2D eigenvalue weighted by Crippen LogP contribution is 2.41. The molecule has 0 spiro atoms. The first-order chi connectivity index (χ1) is 9.97. The highest BCUT2D eigenvalue weighted by Gasteiger charge is 2.43. The molecule has 1 saturated carbocycles. The van der Waals surface area contributed by atoms with Gasteiger partial charge in [-0.05, 0) is 44.7 Å². The smallest absolute Gasteiger partial charge is 0.311 e. The molecule has 2 unspecified atom stereocenters. The summed E-state index contributed by atoms with van der Waals surface area (Å²) in [5.41, 5.74) is 1.77. The molecule has 0 radical (unpaired) electrons. The molecule has 2 atom stereocenters. The van der Waals surface area contributed by atoms with E-state index in [2.05, 4.69) is 49.9 Å². The van der Waals surface area contributed by atoms with Gasteiger partial charge >= 0.3 is 5.97 Å². The molecule has 2 rings (SSSR count). The highest BCUT2D eigenvalue weighted by molar-refractivity contribution is 5.76. The SMILES string of the molecule is CCN(CC1(C(=O)O)CCCC(C)C1)c1ccc(C)cc1. The Morgan fingerprint density at radius 3 is 2.57 bits per heavy atom. The van der Waals surface area contributed by atoms with Crippen LogP contribution in [-0.2, 0) is 4.79 Å². The fraction of sp³-hybridized carbons (Fsp3) is 0.611. The predicted molar refractivity (Wildman–Crippen MR) is 86.8 cm³/mol. The van der Waals surface area contributed by atoms with Crippen molar-refractivity contribution < 1.29 is 9.90 Å². The van der Waals surface area contributed by atoms with E-state index in [0.29, 0.717) is 12.5 Å². The Labute approximate surface area is 128 Å². The van der Waals surface area contributed by atoms with Crippen LogP contribution in [0.4, 0.5) is 5.69 Å². The fourth-order valence-electron chi connectivity index (χ4n) is 3.57. The normalized spacial score (nSPS) is 25.6. The zero-order valence-electron chi connectivity index (χ0n) is 13.4. The van der Waals surface area contributed by atoms with Gasteiger partial charge in [-0.2, -0.15) is 0 Å². The molecule has 116 valence electrons. The number of benzene rings is 1. The average molecular weight is 289 g/mol. The van der Waals surface area contributed by atoms with Crippen LogP contribution >= 0.6 is 0 Å². The molecule has 0 saturated heterocycles. The van der Waals surface area contributed by atoms with Gasteiger partial charge in [-0.15, -0.1) is 0 Å². The molecule has 0 bridgehead atoms. The third-order valence-corrected chi connectivity index (χ3v) is 4.82. The minimum atomic E-state index is -0.625. The third-order valence-electron chi connectivity index (χ3n) is 4.82. The topological polar surface area (TPSA) is 40.5 Å². The fourth-order valence-corrected chi connectivity index (χ4v) is 3.57. The summed E-state index contributed by atoms with van der Waals surface area (Å²) in [6.45, 7) is 7.81. The van der Waals surface area contributed by atoms with Gasteiger partial charge < -0.3 is 10.0 Å². The van der Waals surface area contributed by atoms with E-state index in [9.17, 15) is 9.90 Å². The summed E-state index contributed by atoms with van der Waals surface area (Å²) in [5.74, 6) is -0.119. The number of hydrogen-bond acceptors (Lipinski definition) is 2. The molecule has 3 nitrogen and oxygen atoms in total. The van der Waals surface area contributed by atoms with Crippen LogP contribution in [0.1, 0.15) is 45.1 Å². The Kier molecular flexibility index (Phi) is 4.92. The summed E-state index contributed by atoms with van der Waals surface area (Å²) in [5, 5.41) is 9.82. The van der Waals surface area contributed by atoms with Gasteiger partial charge in [0.2, 0.25) is 0 Å². The number of anilines is 1. The zero-order valence-corrected chi connectivity index (χ0v) is 13.4. The Morgan fingerprint density at radius 1 is 1.38 bits per heavy atom. The zero-order chi connectivity index (χ0) is 15.5. The lowest BCUT2D eigenvalue weighted by molar-refractivity contribution is -0.151. The van der Waals surface area contributed by atoms with E-state index in [0.717, 1.165) is 37.9 Å². The van der Waals surface area contributed by atoms with Crippen LogP contribution < -0.4 is 4.90 Å². The van der Waals surface area contributed by atoms with Crippen molar-refractivity contribution in [3.05, 3.63) is 29.8 Å². The van der Waals surface area contributed by atoms with E-state index in [1.165, 1.54) is 5.56 Å². The van der Waals surface area contributed by atoms with E-state index < -0.39 is 11.4 Å². The number of carboxylic acid groups (broad SMARTS) is 1. The number of hydrogen-bond donors (Lipinski definition) is 1. The van der Waals surface area contributed by atoms with Gasteiger partial charge in [-0.25, -0.2) is 0 Å². The second-order valence-electron chi connectivity index (χ2n) is 6.64. The molecule has 21 heavy (non-hydrogen) atoms. The molecule has 1 N–H and O–H groups in total. The largest absolute Gasteiger partial charge is 0.481 e. The number of aryl methyl sites for hydroxylation is 1. The monoisotopic (exact) mass is 289 g/mol. The van der Waals surface area contributed by atoms with Gasteiger partial charge in [0.15, 0.2) is 0 Å². The van der Waals surface area contributed by atoms with Crippen molar-refractivity contribution in [2.75, 3.05) is 18.0 Å². The first-order valence-corrected chi connectivity index (χ1v) is 8.02. The molecular weight excluding hydrogens is 262 g/mol. The molecule has 0 amide bonds. The Balaban J connectivity index is 2.21. The Bertz CT molecular complexity index is 482. The van der Waals surface area contributed by atoms with Crippen molar-refractivity contribution in [3.8, 4) is 0 Å². The van der Waals surface area contributed by atoms with E-state index in [1.807, 2.05) is 0 Å². The van der Waals surface area contributed by atoms with E-state index in [1.54, 1.807) is 0 Å². The summed E-state index contributed by atoms with van der Waals surface area (Å²) < 4.78 is 0. The molecule has 1 aliphatic carbocycles. The molecule has 0 heterocycles.